The van der Waals surface area contributed by atoms with E-state index >= 15 is 0 Å². The molecule has 160 valence electrons. The zero-order chi connectivity index (χ0) is 22.1. The van der Waals surface area contributed by atoms with E-state index in [1.54, 1.807) is 24.3 Å². The maximum atomic E-state index is 12.5. The van der Waals surface area contributed by atoms with Gasteiger partial charge >= 0.3 is 5.97 Å². The van der Waals surface area contributed by atoms with Crippen LogP contribution in [0.3, 0.4) is 0 Å². The van der Waals surface area contributed by atoms with E-state index in [2.05, 4.69) is 10.6 Å². The highest BCUT2D eigenvalue weighted by Gasteiger charge is 2.25. The summed E-state index contributed by atoms with van der Waals surface area (Å²) in [6.45, 7) is 5.30. The number of halogens is 1. The van der Waals surface area contributed by atoms with Crippen molar-refractivity contribution in [1.29, 1.82) is 0 Å². The van der Waals surface area contributed by atoms with Crippen molar-refractivity contribution in [3.8, 4) is 0 Å². The molecule has 0 unspecified atom stereocenters. The van der Waals surface area contributed by atoms with Gasteiger partial charge in [0.15, 0.2) is 6.61 Å². The molecule has 0 saturated carbocycles. The van der Waals surface area contributed by atoms with Crippen LogP contribution in [0.1, 0.15) is 49.2 Å². The second-order valence-electron chi connectivity index (χ2n) is 7.47. The van der Waals surface area contributed by atoms with Gasteiger partial charge in [-0.1, -0.05) is 55.8 Å². The van der Waals surface area contributed by atoms with Gasteiger partial charge in [0, 0.05) is 10.6 Å². The fraction of sp³-hybridized carbons (Fsp3) is 0.348. The van der Waals surface area contributed by atoms with Gasteiger partial charge in [-0.15, -0.1) is 0 Å². The normalized spacial score (nSPS) is 12.7. The van der Waals surface area contributed by atoms with Crippen LogP contribution < -0.4 is 10.6 Å². The lowest BCUT2D eigenvalue weighted by Crippen LogP contribution is -2.43. The molecule has 0 aliphatic heterocycles. The number of benzene rings is 2. The predicted molar refractivity (Wildman–Crippen MR) is 116 cm³/mol. The van der Waals surface area contributed by atoms with Crippen molar-refractivity contribution >= 4 is 29.4 Å². The SMILES string of the molecule is CC(C)C[C@@H](NC(=O)c1ccc(Cl)cc1)C(=O)OCC(=O)N[C@H](C)c1ccccc1. The Bertz CT molecular complexity index is 853. The first-order valence-electron chi connectivity index (χ1n) is 9.83. The molecule has 0 aliphatic rings. The Morgan fingerprint density at radius 1 is 0.933 bits per heavy atom. The first-order valence-corrected chi connectivity index (χ1v) is 10.2. The number of nitrogens with one attached hydrogen (secondary N) is 2. The van der Waals surface area contributed by atoms with Gasteiger partial charge in [0.1, 0.15) is 6.04 Å². The van der Waals surface area contributed by atoms with Crippen LogP contribution in [0.15, 0.2) is 54.6 Å². The van der Waals surface area contributed by atoms with Crippen LogP contribution in [0.25, 0.3) is 0 Å². The highest BCUT2D eigenvalue weighted by atomic mass is 35.5. The van der Waals surface area contributed by atoms with Gasteiger partial charge < -0.3 is 15.4 Å². The van der Waals surface area contributed by atoms with E-state index in [9.17, 15) is 14.4 Å². The molecule has 2 atom stereocenters. The number of ether oxygens (including phenoxy) is 1. The Labute approximate surface area is 182 Å². The van der Waals surface area contributed by atoms with Gasteiger partial charge in [-0.05, 0) is 49.1 Å². The quantitative estimate of drug-likeness (QED) is 0.591. The van der Waals surface area contributed by atoms with Crippen molar-refractivity contribution in [2.45, 2.75) is 39.3 Å². The minimum absolute atomic E-state index is 0.139. The highest BCUT2D eigenvalue weighted by Crippen LogP contribution is 2.13. The van der Waals surface area contributed by atoms with E-state index in [1.165, 1.54) is 0 Å². The molecule has 7 heteroatoms. The molecule has 2 rings (SSSR count). The van der Waals surface area contributed by atoms with Gasteiger partial charge in [0.25, 0.3) is 11.8 Å². The first-order chi connectivity index (χ1) is 14.3. The van der Waals surface area contributed by atoms with Crippen LogP contribution in [0.4, 0.5) is 0 Å². The molecule has 0 fully saturated rings. The predicted octanol–water partition coefficient (Wildman–Crippen LogP) is 3.91. The van der Waals surface area contributed by atoms with E-state index < -0.39 is 30.4 Å². The summed E-state index contributed by atoms with van der Waals surface area (Å²) in [5.41, 5.74) is 1.33. The van der Waals surface area contributed by atoms with Crippen LogP contribution in [-0.2, 0) is 14.3 Å². The lowest BCUT2D eigenvalue weighted by Gasteiger charge is -2.20. The summed E-state index contributed by atoms with van der Waals surface area (Å²) in [5.74, 6) is -1.32. The molecule has 2 N–H and O–H groups in total. The van der Waals surface area contributed by atoms with Gasteiger partial charge in [-0.2, -0.15) is 0 Å². The second kappa shape index (κ2) is 11.4. The second-order valence-corrected chi connectivity index (χ2v) is 7.91. The van der Waals surface area contributed by atoms with Crippen molar-refractivity contribution in [3.63, 3.8) is 0 Å². The van der Waals surface area contributed by atoms with Crippen LogP contribution >= 0.6 is 11.6 Å². The third-order valence-corrected chi connectivity index (χ3v) is 4.68. The molecule has 30 heavy (non-hydrogen) atoms. The number of esters is 1. The molecule has 0 bridgehead atoms. The summed E-state index contributed by atoms with van der Waals surface area (Å²) in [4.78, 5) is 37.1. The van der Waals surface area contributed by atoms with Crippen molar-refractivity contribution < 1.29 is 19.1 Å². The molecular formula is C23H27ClN2O4. The topological polar surface area (TPSA) is 84.5 Å². The van der Waals surface area contributed by atoms with E-state index in [0.29, 0.717) is 17.0 Å². The molecular weight excluding hydrogens is 404 g/mol. The Morgan fingerprint density at radius 3 is 2.17 bits per heavy atom. The largest absolute Gasteiger partial charge is 0.454 e. The van der Waals surface area contributed by atoms with Crippen LogP contribution in [0.2, 0.25) is 5.02 Å². The molecule has 0 radical (unpaired) electrons. The van der Waals surface area contributed by atoms with Crippen LogP contribution in [-0.4, -0.2) is 30.4 Å². The lowest BCUT2D eigenvalue weighted by atomic mass is 10.0. The fourth-order valence-corrected chi connectivity index (χ4v) is 3.00. The van der Waals surface area contributed by atoms with Crippen molar-refractivity contribution in [1.82, 2.24) is 10.6 Å². The molecule has 6 nitrogen and oxygen atoms in total. The average molecular weight is 431 g/mol. The standard InChI is InChI=1S/C23H27ClN2O4/c1-15(2)13-20(26-22(28)18-9-11-19(24)12-10-18)23(29)30-14-21(27)25-16(3)17-7-5-4-6-8-17/h4-12,15-16,20H,13-14H2,1-3H3,(H,25,27)(H,26,28)/t16-,20-/m1/s1. The third-order valence-electron chi connectivity index (χ3n) is 4.43. The van der Waals surface area contributed by atoms with E-state index in [0.717, 1.165) is 5.56 Å². The van der Waals surface area contributed by atoms with E-state index in [-0.39, 0.29) is 12.0 Å². The van der Waals surface area contributed by atoms with E-state index in [1.807, 2.05) is 51.1 Å². The Hall–Kier alpha value is -2.86. The maximum Gasteiger partial charge on any atom is 0.329 e. The lowest BCUT2D eigenvalue weighted by molar-refractivity contribution is -0.150. The van der Waals surface area contributed by atoms with Crippen molar-refractivity contribution in [3.05, 3.63) is 70.7 Å². The molecule has 0 spiro atoms. The number of rotatable bonds is 9. The Balaban J connectivity index is 1.91. The minimum atomic E-state index is -0.854. The van der Waals surface area contributed by atoms with Gasteiger partial charge in [0.2, 0.25) is 0 Å². The molecule has 0 heterocycles. The van der Waals surface area contributed by atoms with Gasteiger partial charge in [-0.3, -0.25) is 9.59 Å². The summed E-state index contributed by atoms with van der Waals surface area (Å²) in [7, 11) is 0. The van der Waals surface area contributed by atoms with Crippen LogP contribution in [0, 0.1) is 5.92 Å². The zero-order valence-electron chi connectivity index (χ0n) is 17.4. The fourth-order valence-electron chi connectivity index (χ4n) is 2.87. The number of carbonyl (C=O) groups excluding carboxylic acids is 3. The molecule has 2 aromatic carbocycles. The monoisotopic (exact) mass is 430 g/mol. The van der Waals surface area contributed by atoms with Crippen molar-refractivity contribution in [2.24, 2.45) is 5.92 Å². The minimum Gasteiger partial charge on any atom is -0.454 e. The Morgan fingerprint density at radius 2 is 1.57 bits per heavy atom. The van der Waals surface area contributed by atoms with Gasteiger partial charge in [0.05, 0.1) is 6.04 Å². The summed E-state index contributed by atoms with van der Waals surface area (Å²) in [6, 6.07) is 14.8. The first kappa shape index (κ1) is 23.4. The smallest absolute Gasteiger partial charge is 0.329 e. The number of carbonyl (C=O) groups is 3. The number of amides is 2. The molecule has 0 aliphatic carbocycles. The molecule has 2 aromatic rings. The van der Waals surface area contributed by atoms with E-state index in [4.69, 9.17) is 16.3 Å². The highest BCUT2D eigenvalue weighted by molar-refractivity contribution is 6.30. The summed E-state index contributed by atoms with van der Waals surface area (Å²) >= 11 is 5.84. The number of hydrogen-bond donors (Lipinski definition) is 2. The van der Waals surface area contributed by atoms with Crippen molar-refractivity contribution in [2.75, 3.05) is 6.61 Å². The number of hydrogen-bond acceptors (Lipinski definition) is 4. The molecule has 0 saturated heterocycles. The molecule has 0 aromatic heterocycles. The zero-order valence-corrected chi connectivity index (χ0v) is 18.1. The summed E-state index contributed by atoms with van der Waals surface area (Å²) < 4.78 is 5.17. The molecule has 2 amide bonds. The Kier molecular flexibility index (Phi) is 8.87. The average Bonchev–Trinajstić information content (AvgIpc) is 2.72. The maximum absolute atomic E-state index is 12.5. The third kappa shape index (κ3) is 7.52. The van der Waals surface area contributed by atoms with Crippen LogP contribution in [0.5, 0.6) is 0 Å². The summed E-state index contributed by atoms with van der Waals surface area (Å²) in [5, 5.41) is 5.99. The summed E-state index contributed by atoms with van der Waals surface area (Å²) in [6.07, 6.45) is 0.389. The van der Waals surface area contributed by atoms with Gasteiger partial charge in [-0.25, -0.2) is 4.79 Å².